The highest BCUT2D eigenvalue weighted by Crippen LogP contribution is 2.44. The van der Waals surface area contributed by atoms with Gasteiger partial charge in [-0.1, -0.05) is 51.1 Å². The number of benzene rings is 1. The maximum atomic E-state index is 15.4. The fourth-order valence-electron chi connectivity index (χ4n) is 5.84. The second kappa shape index (κ2) is 12.0. The smallest absolute Gasteiger partial charge is 0.310 e. The number of nitrogens with zero attached hydrogens (tertiary/aromatic N) is 5. The Bertz CT molecular complexity index is 1210. The molecule has 2 aromatic rings. The number of fused-ring (bicyclic) bond motifs is 1. The van der Waals surface area contributed by atoms with Crippen LogP contribution in [0.5, 0.6) is 0 Å². The van der Waals surface area contributed by atoms with E-state index in [0.717, 1.165) is 65.0 Å². The quantitative estimate of drug-likeness (QED) is 0.231. The van der Waals surface area contributed by atoms with Crippen LogP contribution in [0.1, 0.15) is 52.4 Å². The van der Waals surface area contributed by atoms with Crippen LogP contribution in [0.2, 0.25) is 5.02 Å². The van der Waals surface area contributed by atoms with Crippen molar-refractivity contribution in [2.75, 3.05) is 62.7 Å². The Morgan fingerprint density at radius 3 is 2.69 bits per heavy atom. The van der Waals surface area contributed by atoms with E-state index in [0.29, 0.717) is 23.7 Å². The summed E-state index contributed by atoms with van der Waals surface area (Å²) < 4.78 is 21.6. The van der Waals surface area contributed by atoms with Gasteiger partial charge in [-0.2, -0.15) is 4.98 Å². The van der Waals surface area contributed by atoms with E-state index >= 15 is 4.39 Å². The molecule has 8 nitrogen and oxygen atoms in total. The zero-order chi connectivity index (χ0) is 27.7. The molecule has 3 unspecified atom stereocenters. The zero-order valence-corrected chi connectivity index (χ0v) is 25.5. The normalized spacial score (nSPS) is 24.4. The van der Waals surface area contributed by atoms with Crippen LogP contribution in [-0.4, -0.2) is 79.9 Å². The van der Waals surface area contributed by atoms with Crippen molar-refractivity contribution in [2.45, 2.75) is 58.6 Å². The third-order valence-corrected chi connectivity index (χ3v) is 9.89. The molecule has 1 aromatic heterocycles. The average Bonchev–Trinajstić information content (AvgIpc) is 3.40. The molecule has 0 amide bonds. The molecule has 3 fully saturated rings. The molecule has 1 spiro atoms. The summed E-state index contributed by atoms with van der Waals surface area (Å²) in [7, 11) is 2.09. The number of nitrogens with one attached hydrogen (secondary N) is 1. The molecule has 0 radical (unpaired) electrons. The van der Waals surface area contributed by atoms with Crippen LogP contribution in [0.3, 0.4) is 0 Å². The van der Waals surface area contributed by atoms with Crippen LogP contribution in [0.4, 0.5) is 16.2 Å². The molecule has 0 bridgehead atoms. The van der Waals surface area contributed by atoms with Crippen molar-refractivity contribution in [1.82, 2.24) is 20.2 Å². The van der Waals surface area contributed by atoms with E-state index in [2.05, 4.69) is 54.9 Å². The monoisotopic (exact) mass is 624 g/mol. The van der Waals surface area contributed by atoms with Gasteiger partial charge in [0.05, 0.1) is 20.8 Å². The molecular weight excluding hydrogens is 587 g/mol. The summed E-state index contributed by atoms with van der Waals surface area (Å²) in [5, 5.41) is 4.22. The lowest BCUT2D eigenvalue weighted by atomic mass is 9.78. The number of carbonyl (C=O) groups excluding carboxylic acids is 1. The van der Waals surface area contributed by atoms with Gasteiger partial charge >= 0.3 is 5.97 Å². The van der Waals surface area contributed by atoms with E-state index < -0.39 is 5.82 Å². The average molecular weight is 626 g/mol. The van der Waals surface area contributed by atoms with Crippen molar-refractivity contribution in [3.8, 4) is 0 Å². The number of esters is 1. The first-order chi connectivity index (χ1) is 18.7. The number of likely N-dealkylation sites (N-methyl/N-ethyl adjacent to an activating group) is 1. The molecule has 4 heterocycles. The van der Waals surface area contributed by atoms with Crippen molar-refractivity contribution in [3.63, 3.8) is 0 Å². The Labute approximate surface area is 243 Å². The second-order valence-electron chi connectivity index (χ2n) is 11.5. The Morgan fingerprint density at radius 1 is 1.23 bits per heavy atom. The fraction of sp³-hybridized carbons (Fsp3) is 0.679. The third-order valence-electron chi connectivity index (χ3n) is 8.59. The molecule has 3 saturated heterocycles. The first kappa shape index (κ1) is 28.8. The Balaban J connectivity index is 1.36. The SMILES string of the molecule is CCCCCCC(C)C(=O)OC1NCC12CCN(c1nc(N3CCN(C)CC3)nc3c(F)c(Br)c(Cl)cc13)C2. The van der Waals surface area contributed by atoms with Gasteiger partial charge in [-0.05, 0) is 41.9 Å². The van der Waals surface area contributed by atoms with Crippen molar-refractivity contribution >= 4 is 56.2 Å². The third kappa shape index (κ3) is 5.85. The second-order valence-corrected chi connectivity index (χ2v) is 12.7. The summed E-state index contributed by atoms with van der Waals surface area (Å²) in [6.07, 6.45) is 5.96. The number of aromatic nitrogens is 2. The maximum absolute atomic E-state index is 15.4. The highest BCUT2D eigenvalue weighted by atomic mass is 79.9. The fourth-order valence-corrected chi connectivity index (χ4v) is 6.33. The number of halogens is 3. The predicted octanol–water partition coefficient (Wildman–Crippen LogP) is 5.21. The number of piperazine rings is 1. The lowest BCUT2D eigenvalue weighted by Crippen LogP contribution is -2.65. The Morgan fingerprint density at radius 2 is 2.00 bits per heavy atom. The van der Waals surface area contributed by atoms with E-state index in [1.807, 2.05) is 6.92 Å². The minimum absolute atomic E-state index is 0.112. The van der Waals surface area contributed by atoms with Gasteiger partial charge in [0, 0.05) is 51.2 Å². The van der Waals surface area contributed by atoms with Crippen LogP contribution in [0.25, 0.3) is 10.9 Å². The molecule has 5 rings (SSSR count). The number of hydrogen-bond acceptors (Lipinski definition) is 8. The topological polar surface area (TPSA) is 73.8 Å². The van der Waals surface area contributed by atoms with Crippen LogP contribution in [0.15, 0.2) is 10.5 Å². The molecule has 39 heavy (non-hydrogen) atoms. The molecule has 1 aromatic carbocycles. The van der Waals surface area contributed by atoms with Gasteiger partial charge in [-0.3, -0.25) is 10.1 Å². The van der Waals surface area contributed by atoms with Gasteiger partial charge in [0.15, 0.2) is 12.0 Å². The first-order valence-corrected chi connectivity index (χ1v) is 15.4. The van der Waals surface area contributed by atoms with Gasteiger partial charge in [-0.15, -0.1) is 0 Å². The molecule has 1 N–H and O–H groups in total. The number of ether oxygens (including phenoxy) is 1. The zero-order valence-electron chi connectivity index (χ0n) is 23.1. The lowest BCUT2D eigenvalue weighted by Gasteiger charge is -2.47. The van der Waals surface area contributed by atoms with Crippen molar-refractivity contribution < 1.29 is 13.9 Å². The maximum Gasteiger partial charge on any atom is 0.310 e. The number of rotatable bonds is 9. The highest BCUT2D eigenvalue weighted by molar-refractivity contribution is 9.10. The summed E-state index contributed by atoms with van der Waals surface area (Å²) >= 11 is 9.67. The molecule has 0 saturated carbocycles. The first-order valence-electron chi connectivity index (χ1n) is 14.2. The summed E-state index contributed by atoms with van der Waals surface area (Å²) in [5.41, 5.74) is 0.0679. The van der Waals surface area contributed by atoms with Crippen LogP contribution >= 0.6 is 27.5 Å². The predicted molar refractivity (Wildman–Crippen MR) is 157 cm³/mol. The summed E-state index contributed by atoms with van der Waals surface area (Å²) in [6, 6.07) is 1.74. The number of unbranched alkanes of at least 4 members (excludes halogenated alkanes) is 3. The summed E-state index contributed by atoms with van der Waals surface area (Å²) in [5.74, 6) is 0.492. The minimum Gasteiger partial charge on any atom is -0.446 e. The van der Waals surface area contributed by atoms with Crippen LogP contribution < -0.4 is 15.1 Å². The number of anilines is 2. The van der Waals surface area contributed by atoms with E-state index in [9.17, 15) is 4.79 Å². The van der Waals surface area contributed by atoms with Gasteiger partial charge < -0.3 is 19.4 Å². The Hall–Kier alpha value is -1.75. The van der Waals surface area contributed by atoms with Crippen molar-refractivity contribution in [3.05, 3.63) is 21.4 Å². The minimum atomic E-state index is -0.476. The van der Waals surface area contributed by atoms with Gasteiger partial charge in [0.2, 0.25) is 5.95 Å². The highest BCUT2D eigenvalue weighted by Gasteiger charge is 2.54. The number of carbonyl (C=O) groups is 1. The lowest BCUT2D eigenvalue weighted by molar-refractivity contribution is -0.174. The standard InChI is InChI=1S/C28H39BrClFN6O2/c1-4-5-6-7-8-18(2)25(38)39-26-28(16-32-26)9-10-37(17-28)24-19-15-20(30)21(29)22(31)23(19)33-27(34-24)36-13-11-35(3)12-14-36/h15,18,26,32H,4-14,16-17H2,1-3H3. The van der Waals surface area contributed by atoms with E-state index in [-0.39, 0.29) is 38.5 Å². The van der Waals surface area contributed by atoms with Crippen LogP contribution in [-0.2, 0) is 9.53 Å². The van der Waals surface area contributed by atoms with Gasteiger partial charge in [0.1, 0.15) is 11.3 Å². The Kier molecular flexibility index (Phi) is 8.86. The largest absolute Gasteiger partial charge is 0.446 e. The number of hydrogen-bond donors (Lipinski definition) is 1. The molecule has 3 aliphatic rings. The molecule has 214 valence electrons. The van der Waals surface area contributed by atoms with E-state index in [1.165, 1.54) is 12.8 Å². The van der Waals surface area contributed by atoms with Gasteiger partial charge in [0.25, 0.3) is 0 Å². The molecule has 3 aliphatic heterocycles. The van der Waals surface area contributed by atoms with E-state index in [1.54, 1.807) is 6.07 Å². The molecular formula is C28H39BrClFN6O2. The van der Waals surface area contributed by atoms with Crippen LogP contribution in [0, 0.1) is 17.2 Å². The van der Waals surface area contributed by atoms with E-state index in [4.69, 9.17) is 21.3 Å². The summed E-state index contributed by atoms with van der Waals surface area (Å²) in [6.45, 7) is 9.65. The van der Waals surface area contributed by atoms with Crippen molar-refractivity contribution in [1.29, 1.82) is 0 Å². The molecule has 0 aliphatic carbocycles. The van der Waals surface area contributed by atoms with Crippen molar-refractivity contribution in [2.24, 2.45) is 11.3 Å². The molecule has 11 heteroatoms. The summed E-state index contributed by atoms with van der Waals surface area (Å²) in [4.78, 5) is 29.1. The van der Waals surface area contributed by atoms with Gasteiger partial charge in [-0.25, -0.2) is 9.37 Å². The molecule has 3 atom stereocenters.